The van der Waals surface area contributed by atoms with Crippen LogP contribution in [-0.4, -0.2) is 32.4 Å². The quantitative estimate of drug-likeness (QED) is 0.324. The number of benzene rings is 2. The normalized spacial score (nSPS) is 11.5. The van der Waals surface area contributed by atoms with Gasteiger partial charge in [-0.25, -0.2) is 4.39 Å². The van der Waals surface area contributed by atoms with Crippen molar-refractivity contribution < 1.29 is 9.13 Å². The SMILES string of the molecule is CCOCCCn1c(=O)c2ccccc2n2c(SCc3ccc(F)cc3)nnc12. The van der Waals surface area contributed by atoms with E-state index in [-0.39, 0.29) is 11.4 Å². The smallest absolute Gasteiger partial charge is 0.262 e. The van der Waals surface area contributed by atoms with Crippen LogP contribution in [0.15, 0.2) is 58.5 Å². The number of halogens is 1. The van der Waals surface area contributed by atoms with Crippen molar-refractivity contribution in [1.82, 2.24) is 19.2 Å². The van der Waals surface area contributed by atoms with Gasteiger partial charge >= 0.3 is 0 Å². The van der Waals surface area contributed by atoms with Crippen molar-refractivity contribution in [2.24, 2.45) is 0 Å². The van der Waals surface area contributed by atoms with Gasteiger partial charge < -0.3 is 4.74 Å². The molecule has 6 nitrogen and oxygen atoms in total. The van der Waals surface area contributed by atoms with Crippen molar-refractivity contribution in [1.29, 1.82) is 0 Å². The van der Waals surface area contributed by atoms with E-state index in [4.69, 9.17) is 4.74 Å². The number of rotatable bonds is 8. The maximum Gasteiger partial charge on any atom is 0.262 e. The molecule has 150 valence electrons. The van der Waals surface area contributed by atoms with Crippen molar-refractivity contribution in [3.63, 3.8) is 0 Å². The van der Waals surface area contributed by atoms with E-state index in [2.05, 4.69) is 10.2 Å². The molecule has 0 atom stereocenters. The van der Waals surface area contributed by atoms with Gasteiger partial charge in [0, 0.05) is 25.5 Å². The van der Waals surface area contributed by atoms with E-state index in [0.717, 1.165) is 11.1 Å². The fourth-order valence-electron chi connectivity index (χ4n) is 3.23. The number of hydrogen-bond donors (Lipinski definition) is 0. The first-order valence-corrected chi connectivity index (χ1v) is 10.5. The van der Waals surface area contributed by atoms with Gasteiger partial charge in [0.05, 0.1) is 10.9 Å². The van der Waals surface area contributed by atoms with Crippen molar-refractivity contribution in [3.05, 3.63) is 70.3 Å². The average molecular weight is 412 g/mol. The third-order valence-corrected chi connectivity index (χ3v) is 5.63. The predicted molar refractivity (Wildman–Crippen MR) is 112 cm³/mol. The first-order chi connectivity index (χ1) is 14.2. The summed E-state index contributed by atoms with van der Waals surface area (Å²) in [5, 5.41) is 9.96. The molecule has 0 amide bonds. The second kappa shape index (κ2) is 8.75. The average Bonchev–Trinajstić information content (AvgIpc) is 3.17. The topological polar surface area (TPSA) is 61.4 Å². The Morgan fingerprint density at radius 1 is 1.10 bits per heavy atom. The standard InChI is InChI=1S/C21H21FN4O2S/c1-2-28-13-5-12-25-19(27)17-6-3-4-7-18(17)26-20(25)23-24-21(26)29-14-15-8-10-16(22)11-9-15/h3-4,6-11H,2,5,12-14H2,1H3. The van der Waals surface area contributed by atoms with Gasteiger partial charge in [-0.3, -0.25) is 13.8 Å². The Morgan fingerprint density at radius 3 is 2.69 bits per heavy atom. The first-order valence-electron chi connectivity index (χ1n) is 9.50. The van der Waals surface area contributed by atoms with E-state index in [0.29, 0.717) is 48.3 Å². The predicted octanol–water partition coefficient (Wildman–Crippen LogP) is 3.90. The highest BCUT2D eigenvalue weighted by Crippen LogP contribution is 2.24. The van der Waals surface area contributed by atoms with Gasteiger partial charge in [0.2, 0.25) is 5.78 Å². The van der Waals surface area contributed by atoms with Crippen molar-refractivity contribution in [3.8, 4) is 0 Å². The van der Waals surface area contributed by atoms with Gasteiger partial charge in [0.25, 0.3) is 5.56 Å². The Bertz CT molecular complexity index is 1190. The van der Waals surface area contributed by atoms with E-state index in [1.54, 1.807) is 16.7 Å². The summed E-state index contributed by atoms with van der Waals surface area (Å²) in [5.74, 6) is 0.888. The number of para-hydroxylation sites is 1. The van der Waals surface area contributed by atoms with Gasteiger partial charge in [0.15, 0.2) is 5.16 Å². The van der Waals surface area contributed by atoms with E-state index in [9.17, 15) is 9.18 Å². The molecule has 0 saturated heterocycles. The lowest BCUT2D eigenvalue weighted by atomic mass is 10.2. The molecule has 0 fully saturated rings. The van der Waals surface area contributed by atoms with Crippen LogP contribution in [0.25, 0.3) is 16.7 Å². The number of nitrogens with zero attached hydrogens (tertiary/aromatic N) is 4. The zero-order valence-corrected chi connectivity index (χ0v) is 16.9. The summed E-state index contributed by atoms with van der Waals surface area (Å²) in [6, 6.07) is 13.9. The van der Waals surface area contributed by atoms with E-state index in [1.165, 1.54) is 23.9 Å². The van der Waals surface area contributed by atoms with Crippen LogP contribution in [0, 0.1) is 5.82 Å². The number of aromatic nitrogens is 4. The van der Waals surface area contributed by atoms with Gasteiger partial charge in [0.1, 0.15) is 5.82 Å². The van der Waals surface area contributed by atoms with Gasteiger partial charge in [-0.15, -0.1) is 10.2 Å². The largest absolute Gasteiger partial charge is 0.382 e. The minimum absolute atomic E-state index is 0.0768. The number of ether oxygens (including phenoxy) is 1. The van der Waals surface area contributed by atoms with Crippen molar-refractivity contribution >= 4 is 28.4 Å². The molecular weight excluding hydrogens is 391 g/mol. The van der Waals surface area contributed by atoms with Crippen LogP contribution >= 0.6 is 11.8 Å². The highest BCUT2D eigenvalue weighted by atomic mass is 32.2. The molecule has 0 spiro atoms. The Morgan fingerprint density at radius 2 is 1.90 bits per heavy atom. The lowest BCUT2D eigenvalue weighted by Gasteiger charge is -2.11. The molecule has 0 aliphatic rings. The highest BCUT2D eigenvalue weighted by molar-refractivity contribution is 7.98. The van der Waals surface area contributed by atoms with Gasteiger partial charge in [-0.1, -0.05) is 36.0 Å². The molecule has 2 aromatic carbocycles. The third-order valence-electron chi connectivity index (χ3n) is 4.63. The molecule has 4 aromatic rings. The summed E-state index contributed by atoms with van der Waals surface area (Å²) < 4.78 is 22.1. The molecular formula is C21H21FN4O2S. The minimum Gasteiger partial charge on any atom is -0.382 e. The summed E-state index contributed by atoms with van der Waals surface area (Å²) in [6.45, 7) is 3.69. The van der Waals surface area contributed by atoms with Crippen LogP contribution in [0.4, 0.5) is 4.39 Å². The summed E-state index contributed by atoms with van der Waals surface area (Å²) in [7, 11) is 0. The second-order valence-electron chi connectivity index (χ2n) is 6.56. The molecule has 0 bridgehead atoms. The second-order valence-corrected chi connectivity index (χ2v) is 7.50. The molecule has 0 aliphatic heterocycles. The zero-order valence-electron chi connectivity index (χ0n) is 16.0. The molecule has 0 N–H and O–H groups in total. The molecule has 2 heterocycles. The lowest BCUT2D eigenvalue weighted by molar-refractivity contribution is 0.141. The zero-order chi connectivity index (χ0) is 20.2. The van der Waals surface area contributed by atoms with E-state index < -0.39 is 0 Å². The first kappa shape index (κ1) is 19.6. The molecule has 2 aromatic heterocycles. The summed E-state index contributed by atoms with van der Waals surface area (Å²) in [4.78, 5) is 13.0. The van der Waals surface area contributed by atoms with E-state index >= 15 is 0 Å². The van der Waals surface area contributed by atoms with Gasteiger partial charge in [-0.2, -0.15) is 0 Å². The minimum atomic E-state index is -0.256. The molecule has 0 unspecified atom stereocenters. The number of aryl methyl sites for hydroxylation is 1. The van der Waals surface area contributed by atoms with Crippen LogP contribution in [0.3, 0.4) is 0 Å². The molecule has 8 heteroatoms. The number of thioether (sulfide) groups is 1. The maximum absolute atomic E-state index is 13.1. The highest BCUT2D eigenvalue weighted by Gasteiger charge is 2.16. The Kier molecular flexibility index (Phi) is 5.92. The summed E-state index contributed by atoms with van der Waals surface area (Å²) in [5.41, 5.74) is 1.69. The Hall–Kier alpha value is -2.71. The number of hydrogen-bond acceptors (Lipinski definition) is 5. The van der Waals surface area contributed by atoms with Crippen LogP contribution in [0.1, 0.15) is 18.9 Å². The van der Waals surface area contributed by atoms with Gasteiger partial charge in [-0.05, 0) is 43.2 Å². The fraction of sp³-hybridized carbons (Fsp3) is 0.286. The molecule has 0 aliphatic carbocycles. The number of fused-ring (bicyclic) bond motifs is 3. The van der Waals surface area contributed by atoms with Crippen LogP contribution in [0.2, 0.25) is 0 Å². The van der Waals surface area contributed by atoms with Crippen LogP contribution in [-0.2, 0) is 17.0 Å². The molecule has 0 radical (unpaired) electrons. The fourth-order valence-corrected chi connectivity index (χ4v) is 4.12. The van der Waals surface area contributed by atoms with Crippen LogP contribution in [0.5, 0.6) is 0 Å². The van der Waals surface area contributed by atoms with E-state index in [1.807, 2.05) is 35.6 Å². The molecule has 4 rings (SSSR count). The molecule has 29 heavy (non-hydrogen) atoms. The van der Waals surface area contributed by atoms with Crippen molar-refractivity contribution in [2.75, 3.05) is 13.2 Å². The maximum atomic E-state index is 13.1. The molecule has 0 saturated carbocycles. The van der Waals surface area contributed by atoms with Crippen molar-refractivity contribution in [2.45, 2.75) is 30.8 Å². The lowest BCUT2D eigenvalue weighted by Crippen LogP contribution is -2.24. The Balaban J connectivity index is 1.73. The Labute approximate surface area is 171 Å². The third kappa shape index (κ3) is 4.04. The summed E-state index contributed by atoms with van der Waals surface area (Å²) in [6.07, 6.45) is 0.715. The monoisotopic (exact) mass is 412 g/mol. The summed E-state index contributed by atoms with van der Waals surface area (Å²) >= 11 is 1.50. The van der Waals surface area contributed by atoms with Crippen LogP contribution < -0.4 is 5.56 Å².